The molecule has 2 nitrogen and oxygen atoms in total. The summed E-state index contributed by atoms with van der Waals surface area (Å²) in [6, 6.07) is 12.7. The summed E-state index contributed by atoms with van der Waals surface area (Å²) >= 11 is 13.2. The lowest BCUT2D eigenvalue weighted by atomic mass is 10.0. The van der Waals surface area contributed by atoms with Crippen molar-refractivity contribution in [1.29, 1.82) is 0 Å². The summed E-state index contributed by atoms with van der Waals surface area (Å²) in [4.78, 5) is 0. The van der Waals surface area contributed by atoms with Crippen LogP contribution in [0.1, 0.15) is 63.9 Å². The van der Waals surface area contributed by atoms with Crippen LogP contribution in [0.15, 0.2) is 42.7 Å². The molecule has 0 radical (unpaired) electrons. The van der Waals surface area contributed by atoms with Crippen LogP contribution in [0.25, 0.3) is 16.5 Å². The number of unbranched alkanes of at least 4 members (excludes halogenated alkanes) is 7. The third-order valence-corrected chi connectivity index (χ3v) is 6.34. The van der Waals surface area contributed by atoms with Crippen molar-refractivity contribution in [3.8, 4) is 5.69 Å². The lowest BCUT2D eigenvalue weighted by Crippen LogP contribution is -2.32. The molecule has 2 aromatic carbocycles. The van der Waals surface area contributed by atoms with Gasteiger partial charge in [-0.05, 0) is 53.9 Å². The van der Waals surface area contributed by atoms with Gasteiger partial charge in [-0.25, -0.2) is 4.57 Å². The molecule has 4 heteroatoms. The molecular formula is C24H31Cl2N2+. The van der Waals surface area contributed by atoms with E-state index in [2.05, 4.69) is 61.1 Å². The van der Waals surface area contributed by atoms with E-state index >= 15 is 0 Å². The van der Waals surface area contributed by atoms with Crippen LogP contribution in [-0.2, 0) is 6.54 Å². The number of aryl methyl sites for hydroxylation is 2. The molecule has 0 atom stereocenters. The molecule has 1 aromatic heterocycles. The number of aromatic nitrogens is 2. The summed E-state index contributed by atoms with van der Waals surface area (Å²) in [5, 5.41) is 3.60. The van der Waals surface area contributed by atoms with Crippen LogP contribution in [0.5, 0.6) is 0 Å². The molecule has 3 aromatic rings. The molecular weight excluding hydrogens is 387 g/mol. The molecule has 0 saturated carbocycles. The van der Waals surface area contributed by atoms with Crippen LogP contribution in [-0.4, -0.2) is 4.57 Å². The topological polar surface area (TPSA) is 8.81 Å². The summed E-state index contributed by atoms with van der Waals surface area (Å²) in [6.45, 7) is 5.29. The largest absolute Gasteiger partial charge is 0.260 e. The standard InChI is InChI=1S/C24H31Cl2N2/c1-3-4-5-6-7-8-9-12-17-27-18-28(24(26)23(27)25)22-19(2)15-16-20-13-10-11-14-21(20)22/h10-11,13-16,18H,3-9,12,17H2,1-2H3/q+1. The van der Waals surface area contributed by atoms with Crippen LogP contribution >= 0.6 is 23.2 Å². The maximum atomic E-state index is 6.64. The van der Waals surface area contributed by atoms with Crippen molar-refractivity contribution in [3.05, 3.63) is 58.6 Å². The zero-order valence-electron chi connectivity index (χ0n) is 17.1. The number of rotatable bonds is 10. The third-order valence-electron chi connectivity index (χ3n) is 5.48. The first-order valence-corrected chi connectivity index (χ1v) is 11.3. The first kappa shape index (κ1) is 21.2. The molecule has 0 aliphatic carbocycles. The average Bonchev–Trinajstić information content (AvgIpc) is 2.98. The van der Waals surface area contributed by atoms with Gasteiger partial charge < -0.3 is 0 Å². The first-order valence-electron chi connectivity index (χ1n) is 10.6. The third kappa shape index (κ3) is 4.90. The van der Waals surface area contributed by atoms with Crippen LogP contribution < -0.4 is 4.57 Å². The molecule has 1 heterocycles. The number of hydrogen-bond acceptors (Lipinski definition) is 0. The number of imidazole rings is 1. The highest BCUT2D eigenvalue weighted by molar-refractivity contribution is 6.40. The number of nitrogens with zero attached hydrogens (tertiary/aromatic N) is 2. The second kappa shape index (κ2) is 10.3. The monoisotopic (exact) mass is 417 g/mol. The summed E-state index contributed by atoms with van der Waals surface area (Å²) in [6.07, 6.45) is 12.5. The molecule has 0 N–H and O–H groups in total. The van der Waals surface area contributed by atoms with E-state index in [1.165, 1.54) is 61.3 Å². The maximum Gasteiger partial charge on any atom is 0.260 e. The lowest BCUT2D eigenvalue weighted by Gasteiger charge is -2.07. The van der Waals surface area contributed by atoms with Crippen molar-refractivity contribution in [1.82, 2.24) is 4.57 Å². The van der Waals surface area contributed by atoms with E-state index in [0.29, 0.717) is 10.3 Å². The summed E-state index contributed by atoms with van der Waals surface area (Å²) in [5.41, 5.74) is 2.30. The molecule has 0 unspecified atom stereocenters. The van der Waals surface area contributed by atoms with Crippen molar-refractivity contribution in [2.45, 2.75) is 71.8 Å². The molecule has 0 fully saturated rings. The van der Waals surface area contributed by atoms with E-state index < -0.39 is 0 Å². The Bertz CT molecular complexity index is 914. The average molecular weight is 418 g/mol. The van der Waals surface area contributed by atoms with Gasteiger partial charge in [0.05, 0.1) is 6.54 Å². The molecule has 0 aliphatic rings. The second-order valence-electron chi connectivity index (χ2n) is 7.69. The van der Waals surface area contributed by atoms with Crippen molar-refractivity contribution >= 4 is 34.0 Å². The van der Waals surface area contributed by atoms with Gasteiger partial charge in [-0.15, -0.1) is 0 Å². The second-order valence-corrected chi connectivity index (χ2v) is 8.40. The van der Waals surface area contributed by atoms with Gasteiger partial charge in [0, 0.05) is 5.39 Å². The fraction of sp³-hybridized carbons (Fsp3) is 0.458. The first-order chi connectivity index (χ1) is 13.6. The predicted octanol–water partition coefficient (Wildman–Crippen LogP) is 7.67. The highest BCUT2D eigenvalue weighted by Gasteiger charge is 2.24. The van der Waals surface area contributed by atoms with Crippen LogP contribution in [0.3, 0.4) is 0 Å². The normalized spacial score (nSPS) is 11.4. The summed E-state index contributed by atoms with van der Waals surface area (Å²) < 4.78 is 4.12. The van der Waals surface area contributed by atoms with Crippen molar-refractivity contribution < 1.29 is 4.57 Å². The Morgan fingerprint density at radius 3 is 2.29 bits per heavy atom. The molecule has 0 spiro atoms. The maximum absolute atomic E-state index is 6.64. The van der Waals surface area contributed by atoms with Crippen molar-refractivity contribution in [3.63, 3.8) is 0 Å². The smallest absolute Gasteiger partial charge is 0.219 e. The molecule has 0 bridgehead atoms. The van der Waals surface area contributed by atoms with Gasteiger partial charge in [0.15, 0.2) is 0 Å². The van der Waals surface area contributed by atoms with Crippen LogP contribution in [0, 0.1) is 6.92 Å². The fourth-order valence-electron chi connectivity index (χ4n) is 3.87. The number of halogens is 2. The summed E-state index contributed by atoms with van der Waals surface area (Å²) in [7, 11) is 0. The molecule has 0 saturated heterocycles. The van der Waals surface area contributed by atoms with Gasteiger partial charge in [0.1, 0.15) is 5.69 Å². The number of hydrogen-bond donors (Lipinski definition) is 0. The Balaban J connectivity index is 1.70. The zero-order chi connectivity index (χ0) is 19.9. The van der Waals surface area contributed by atoms with E-state index in [0.717, 1.165) is 18.7 Å². The highest BCUT2D eigenvalue weighted by atomic mass is 35.5. The Hall–Kier alpha value is -1.51. The lowest BCUT2D eigenvalue weighted by molar-refractivity contribution is -0.694. The van der Waals surface area contributed by atoms with Crippen molar-refractivity contribution in [2.24, 2.45) is 0 Å². The Labute approximate surface area is 179 Å². The highest BCUT2D eigenvalue weighted by Crippen LogP contribution is 2.30. The Morgan fingerprint density at radius 1 is 0.857 bits per heavy atom. The zero-order valence-corrected chi connectivity index (χ0v) is 18.6. The Kier molecular flexibility index (Phi) is 7.82. The molecule has 3 rings (SSSR count). The van der Waals surface area contributed by atoms with Gasteiger partial charge >= 0.3 is 0 Å². The van der Waals surface area contributed by atoms with Gasteiger partial charge in [-0.2, -0.15) is 4.57 Å². The van der Waals surface area contributed by atoms with Gasteiger partial charge in [0.25, 0.3) is 16.6 Å². The van der Waals surface area contributed by atoms with Gasteiger partial charge in [-0.1, -0.05) is 81.8 Å². The van der Waals surface area contributed by atoms with Crippen LogP contribution in [0.4, 0.5) is 0 Å². The van der Waals surface area contributed by atoms with E-state index in [9.17, 15) is 0 Å². The minimum Gasteiger partial charge on any atom is -0.219 e. The van der Waals surface area contributed by atoms with Crippen molar-refractivity contribution in [2.75, 3.05) is 0 Å². The quantitative estimate of drug-likeness (QED) is 0.236. The number of benzene rings is 2. The van der Waals surface area contributed by atoms with Gasteiger partial charge in [-0.3, -0.25) is 0 Å². The molecule has 28 heavy (non-hydrogen) atoms. The minimum absolute atomic E-state index is 0.584. The van der Waals surface area contributed by atoms with Gasteiger partial charge in [0.2, 0.25) is 0 Å². The van der Waals surface area contributed by atoms with E-state index in [1.807, 2.05) is 4.57 Å². The van der Waals surface area contributed by atoms with E-state index in [4.69, 9.17) is 23.2 Å². The predicted molar refractivity (Wildman–Crippen MR) is 121 cm³/mol. The number of fused-ring (bicyclic) bond motifs is 1. The summed E-state index contributed by atoms with van der Waals surface area (Å²) in [5.74, 6) is 0. The van der Waals surface area contributed by atoms with Crippen LogP contribution in [0.2, 0.25) is 10.3 Å². The molecule has 0 amide bonds. The van der Waals surface area contributed by atoms with E-state index in [1.54, 1.807) is 0 Å². The minimum atomic E-state index is 0.584. The fourth-order valence-corrected chi connectivity index (χ4v) is 4.33. The SMILES string of the molecule is CCCCCCCCCC[n+]1cn(-c2c(C)ccc3ccccc23)c(Cl)c1Cl. The molecule has 150 valence electrons. The Morgan fingerprint density at radius 2 is 1.54 bits per heavy atom. The van der Waals surface area contributed by atoms with E-state index in [-0.39, 0.29) is 0 Å². The molecule has 0 aliphatic heterocycles.